The Morgan fingerprint density at radius 3 is 1.57 bits per heavy atom. The van der Waals surface area contributed by atoms with Gasteiger partial charge in [-0.2, -0.15) is 0 Å². The van der Waals surface area contributed by atoms with Crippen LogP contribution in [0.5, 0.6) is 0 Å². The first-order valence-corrected chi connectivity index (χ1v) is 0.589. The van der Waals surface area contributed by atoms with Gasteiger partial charge >= 0.3 is 29.6 Å². The van der Waals surface area contributed by atoms with E-state index in [1.165, 1.54) is 0 Å². The summed E-state index contributed by atoms with van der Waals surface area (Å²) < 4.78 is 0. The van der Waals surface area contributed by atoms with E-state index in [2.05, 4.69) is 0 Å². The van der Waals surface area contributed by atoms with Crippen LogP contribution >= 0.6 is 0 Å². The van der Waals surface area contributed by atoms with Crippen LogP contribution in [0.25, 0.3) is 0 Å². The molecule has 0 saturated heterocycles. The third kappa shape index (κ3) is 743. The fraction of sp³-hybridized carbons (Fsp3) is 0. The van der Waals surface area contributed by atoms with Gasteiger partial charge in [-0.1, -0.05) is 0 Å². The molecule has 0 radical (unpaired) electrons. The van der Waals surface area contributed by atoms with Crippen molar-refractivity contribution in [3.05, 3.63) is 16.7 Å². The fourth-order valence-corrected chi connectivity index (χ4v) is 0. The van der Waals surface area contributed by atoms with E-state index in [1.54, 1.807) is 0 Å². The van der Waals surface area contributed by atoms with Crippen molar-refractivity contribution in [1.82, 2.24) is 0 Å². The minimum Gasteiger partial charge on any atom is -0.512 e. The molecule has 36 valence electrons. The van der Waals surface area contributed by atoms with Crippen LogP contribution in [0.1, 0.15) is 0 Å². The summed E-state index contributed by atoms with van der Waals surface area (Å²) >= 11 is 0. The second-order valence-electron chi connectivity index (χ2n) is 0.0745. The Morgan fingerprint density at radius 2 is 1.57 bits per heavy atom. The van der Waals surface area contributed by atoms with Gasteiger partial charge in [0.05, 0.1) is 0 Å². The van der Waals surface area contributed by atoms with Gasteiger partial charge in [0.15, 0.2) is 0 Å². The van der Waals surface area contributed by atoms with E-state index in [1.807, 2.05) is 0 Å². The van der Waals surface area contributed by atoms with Crippen molar-refractivity contribution in [2.45, 2.75) is 0 Å². The molecule has 0 unspecified atom stereocenters. The molecule has 0 heterocycles. The standard InChI is InChI=1S/CN.Fe.HNO2.Na/c1-2;;2-1-3;/h;;(H,2,3);/q-1;;;+1/p-1. The second-order valence-corrected chi connectivity index (χ2v) is 0.0745. The molecule has 0 rings (SSSR count). The largest absolute Gasteiger partial charge is 1.00 e. The zero-order valence-corrected chi connectivity index (χ0v) is 6.67. The van der Waals surface area contributed by atoms with E-state index in [0.29, 0.717) is 0 Å². The van der Waals surface area contributed by atoms with Crippen molar-refractivity contribution in [3.8, 4) is 0 Å². The monoisotopic (exact) mass is 151 g/mol. The van der Waals surface area contributed by atoms with Crippen LogP contribution in [0.2, 0.25) is 0 Å². The maximum absolute atomic E-state index is 8.00. The van der Waals surface area contributed by atoms with Crippen molar-refractivity contribution in [3.63, 3.8) is 0 Å². The third-order valence-corrected chi connectivity index (χ3v) is 0. The van der Waals surface area contributed by atoms with Crippen LogP contribution in [0.3, 0.4) is 0 Å². The summed E-state index contributed by atoms with van der Waals surface area (Å²) in [5.41, 5.74) is 0. The molecular weight excluding hydrogens is 151 g/mol. The molecule has 0 fully saturated rings. The summed E-state index contributed by atoms with van der Waals surface area (Å²) in [4.78, 5) is 8.00. The molecule has 0 aliphatic heterocycles. The normalized spacial score (nSPS) is 2.00. The molecule has 7 heavy (non-hydrogen) atoms. The Balaban J connectivity index is -0.0000000105. The predicted molar refractivity (Wildman–Crippen MR) is 14.1 cm³/mol. The second kappa shape index (κ2) is 94.4. The van der Waals surface area contributed by atoms with Crippen LogP contribution in [0.4, 0.5) is 0 Å². The van der Waals surface area contributed by atoms with E-state index in [0.717, 1.165) is 5.34 Å². The van der Waals surface area contributed by atoms with E-state index < -0.39 is 0 Å². The Hall–Kier alpha value is 0.409. The van der Waals surface area contributed by atoms with Gasteiger partial charge in [-0.05, 0) is 0 Å². The van der Waals surface area contributed by atoms with Crippen LogP contribution in [-0.4, -0.2) is 0 Å². The van der Waals surface area contributed by atoms with Crippen molar-refractivity contribution >= 4 is 0 Å². The molecular formula is CFeN2NaO2-. The minimum absolute atomic E-state index is 0. The topological polar surface area (TPSA) is 76.3 Å². The van der Waals surface area contributed by atoms with E-state index in [-0.39, 0.29) is 46.6 Å². The molecule has 0 spiro atoms. The van der Waals surface area contributed by atoms with E-state index in [4.69, 9.17) is 21.9 Å². The van der Waals surface area contributed by atoms with Gasteiger partial charge in [-0.25, -0.2) is 0 Å². The molecule has 0 aromatic rings. The predicted octanol–water partition coefficient (Wildman–Crippen LogP) is -2.65. The molecule has 4 nitrogen and oxygen atoms in total. The van der Waals surface area contributed by atoms with Crippen LogP contribution in [0, 0.1) is 21.9 Å². The van der Waals surface area contributed by atoms with Gasteiger partial charge in [0, 0.05) is 17.1 Å². The van der Waals surface area contributed by atoms with Crippen molar-refractivity contribution in [2.24, 2.45) is 5.34 Å². The molecule has 0 bridgehead atoms. The third-order valence-electron chi connectivity index (χ3n) is 0. The zero-order chi connectivity index (χ0) is 4.71. The maximum Gasteiger partial charge on any atom is 1.00 e. The number of rotatable bonds is 0. The van der Waals surface area contributed by atoms with Gasteiger partial charge in [0.2, 0.25) is 0 Å². The summed E-state index contributed by atoms with van der Waals surface area (Å²) in [6.07, 6.45) is 0. The first-order chi connectivity index (χ1) is 2.41. The van der Waals surface area contributed by atoms with Crippen molar-refractivity contribution < 1.29 is 46.6 Å². The summed E-state index contributed by atoms with van der Waals surface area (Å²) in [6.45, 7) is 4.75. The first-order valence-electron chi connectivity index (χ1n) is 0.589. The average Bonchev–Trinajstić information content (AvgIpc) is 1.46. The van der Waals surface area contributed by atoms with Gasteiger partial charge in [-0.3, -0.25) is 0 Å². The Labute approximate surface area is 73.6 Å². The van der Waals surface area contributed by atoms with Gasteiger partial charge in [0.25, 0.3) is 0 Å². The summed E-state index contributed by atoms with van der Waals surface area (Å²) in [6, 6.07) is 0. The number of nitrogens with zero attached hydrogens (tertiary/aromatic N) is 2. The van der Waals surface area contributed by atoms with Crippen LogP contribution < -0.4 is 29.6 Å². The average molecular weight is 151 g/mol. The Bertz CT molecular complexity index is 39.9. The van der Waals surface area contributed by atoms with Crippen LogP contribution in [0.15, 0.2) is 5.34 Å². The number of hydrogen-bond acceptors (Lipinski definition) is 4. The molecule has 6 heteroatoms. The van der Waals surface area contributed by atoms with Gasteiger partial charge in [-0.15, -0.1) is 5.34 Å². The quantitative estimate of drug-likeness (QED) is 0.164. The van der Waals surface area contributed by atoms with Crippen LogP contribution in [-0.2, 0) is 17.1 Å². The summed E-state index contributed by atoms with van der Waals surface area (Å²) in [5, 5.41) is 15.2. The van der Waals surface area contributed by atoms with E-state index in [9.17, 15) is 0 Å². The molecule has 0 aliphatic rings. The Kier molecular flexibility index (Phi) is 353. The molecule has 0 N–H and O–H groups in total. The van der Waals surface area contributed by atoms with Gasteiger partial charge < -0.3 is 21.9 Å². The molecule has 0 aromatic carbocycles. The fourth-order valence-electron chi connectivity index (χ4n) is 0. The first kappa shape index (κ1) is 26.2. The molecule has 0 aliphatic carbocycles. The SMILES string of the molecule is O=N[O-].[C-]#N.[Fe].[Na+]. The van der Waals surface area contributed by atoms with E-state index >= 15 is 0 Å². The molecule has 0 amide bonds. The molecule has 0 aromatic heterocycles. The molecule has 0 atom stereocenters. The van der Waals surface area contributed by atoms with Crippen molar-refractivity contribution in [2.75, 3.05) is 0 Å². The zero-order valence-electron chi connectivity index (χ0n) is 3.56. The number of hydrogen-bond donors (Lipinski definition) is 0. The minimum atomic E-state index is 0. The van der Waals surface area contributed by atoms with Gasteiger partial charge in [0.1, 0.15) is 0 Å². The van der Waals surface area contributed by atoms with Crippen molar-refractivity contribution in [1.29, 1.82) is 5.26 Å². The summed E-state index contributed by atoms with van der Waals surface area (Å²) in [7, 11) is 0. The maximum atomic E-state index is 8.00. The molecule has 0 saturated carbocycles. The summed E-state index contributed by atoms with van der Waals surface area (Å²) in [5.74, 6) is 0. The smallest absolute Gasteiger partial charge is 0.512 e. The Morgan fingerprint density at radius 1 is 1.57 bits per heavy atom.